The van der Waals surface area contributed by atoms with Gasteiger partial charge >= 0.3 is 5.97 Å². The first-order chi connectivity index (χ1) is 8.29. The highest BCUT2D eigenvalue weighted by Gasteiger charge is 2.07. The number of rotatable bonds is 3. The molecule has 0 amide bonds. The van der Waals surface area contributed by atoms with E-state index < -0.39 is 0 Å². The van der Waals surface area contributed by atoms with Crippen LogP contribution in [0.15, 0.2) is 48.8 Å². The van der Waals surface area contributed by atoms with Crippen molar-refractivity contribution >= 4 is 5.97 Å². The third kappa shape index (κ3) is 2.91. The maximum atomic E-state index is 11.7. The number of carbonyl (C=O) groups is 1. The minimum Gasteiger partial charge on any atom is -0.423 e. The van der Waals surface area contributed by atoms with E-state index in [1.807, 2.05) is 12.1 Å². The lowest BCUT2D eigenvalue weighted by molar-refractivity contribution is 0.0734. The van der Waals surface area contributed by atoms with Gasteiger partial charge in [-0.25, -0.2) is 4.79 Å². The number of hydrogen-bond donors (Lipinski definition) is 0. The Bertz CT molecular complexity index is 491. The van der Waals surface area contributed by atoms with Crippen molar-refractivity contribution in [3.63, 3.8) is 0 Å². The minimum atomic E-state index is -0.364. The number of benzene rings is 1. The highest BCUT2D eigenvalue weighted by Crippen LogP contribution is 2.14. The van der Waals surface area contributed by atoms with Crippen LogP contribution in [-0.2, 0) is 6.42 Å². The molecule has 17 heavy (non-hydrogen) atoms. The van der Waals surface area contributed by atoms with Gasteiger partial charge in [0.05, 0.1) is 5.56 Å². The molecule has 3 nitrogen and oxygen atoms in total. The number of aromatic nitrogens is 1. The van der Waals surface area contributed by atoms with Crippen LogP contribution in [0.2, 0.25) is 0 Å². The van der Waals surface area contributed by atoms with Gasteiger partial charge in [-0.1, -0.05) is 19.1 Å². The number of esters is 1. The molecule has 3 heteroatoms. The van der Waals surface area contributed by atoms with Crippen molar-refractivity contribution < 1.29 is 9.53 Å². The molecule has 0 aliphatic heterocycles. The van der Waals surface area contributed by atoms with E-state index in [1.54, 1.807) is 36.7 Å². The van der Waals surface area contributed by atoms with Crippen molar-refractivity contribution in [2.75, 3.05) is 0 Å². The van der Waals surface area contributed by atoms with Gasteiger partial charge in [0.15, 0.2) is 0 Å². The predicted octanol–water partition coefficient (Wildman–Crippen LogP) is 2.86. The highest BCUT2D eigenvalue weighted by atomic mass is 16.5. The number of aryl methyl sites for hydroxylation is 1. The zero-order chi connectivity index (χ0) is 12.1. The van der Waals surface area contributed by atoms with Gasteiger partial charge in [-0.15, -0.1) is 0 Å². The quantitative estimate of drug-likeness (QED) is 0.598. The second-order valence-corrected chi connectivity index (χ2v) is 3.62. The number of ether oxygens (including phenoxy) is 1. The van der Waals surface area contributed by atoms with Crippen molar-refractivity contribution in [2.24, 2.45) is 0 Å². The monoisotopic (exact) mass is 227 g/mol. The largest absolute Gasteiger partial charge is 0.423 e. The summed E-state index contributed by atoms with van der Waals surface area (Å²) >= 11 is 0. The van der Waals surface area contributed by atoms with Crippen LogP contribution in [0, 0.1) is 0 Å². The molecule has 1 aromatic heterocycles. The van der Waals surface area contributed by atoms with Crippen molar-refractivity contribution in [3.8, 4) is 5.75 Å². The fourth-order valence-electron chi connectivity index (χ4n) is 1.45. The second-order valence-electron chi connectivity index (χ2n) is 3.62. The topological polar surface area (TPSA) is 39.2 Å². The fourth-order valence-corrected chi connectivity index (χ4v) is 1.45. The Morgan fingerprint density at radius 1 is 1.12 bits per heavy atom. The molecule has 0 unspecified atom stereocenters. The van der Waals surface area contributed by atoms with Gasteiger partial charge in [-0.3, -0.25) is 4.98 Å². The van der Waals surface area contributed by atoms with E-state index in [0.717, 1.165) is 6.42 Å². The summed E-state index contributed by atoms with van der Waals surface area (Å²) in [5.74, 6) is 0.195. The third-order valence-corrected chi connectivity index (χ3v) is 2.46. The Balaban J connectivity index is 2.08. The Kier molecular flexibility index (Phi) is 3.50. The summed E-state index contributed by atoms with van der Waals surface area (Å²) in [5, 5.41) is 0. The van der Waals surface area contributed by atoms with Crippen LogP contribution >= 0.6 is 0 Å². The van der Waals surface area contributed by atoms with Gasteiger partial charge in [-0.05, 0) is 36.2 Å². The summed E-state index contributed by atoms with van der Waals surface area (Å²) in [4.78, 5) is 15.6. The standard InChI is InChI=1S/C14H13NO2/c1-2-11-3-5-13(6-4-11)17-14(16)12-7-9-15-10-8-12/h3-10H,2H2,1H3. The van der Waals surface area contributed by atoms with Crippen LogP contribution in [0.3, 0.4) is 0 Å². The van der Waals surface area contributed by atoms with Gasteiger partial charge in [0.1, 0.15) is 5.75 Å². The second kappa shape index (κ2) is 5.25. The van der Waals surface area contributed by atoms with E-state index in [2.05, 4.69) is 11.9 Å². The summed E-state index contributed by atoms with van der Waals surface area (Å²) in [6.07, 6.45) is 4.10. The Labute approximate surface area is 100 Å². The van der Waals surface area contributed by atoms with Gasteiger partial charge in [-0.2, -0.15) is 0 Å². The lowest BCUT2D eigenvalue weighted by atomic mass is 10.2. The van der Waals surface area contributed by atoms with Gasteiger partial charge < -0.3 is 4.74 Å². The van der Waals surface area contributed by atoms with E-state index >= 15 is 0 Å². The molecule has 0 N–H and O–H groups in total. The van der Waals surface area contributed by atoms with E-state index in [1.165, 1.54) is 5.56 Å². The first-order valence-electron chi connectivity index (χ1n) is 5.50. The smallest absolute Gasteiger partial charge is 0.343 e. The third-order valence-electron chi connectivity index (χ3n) is 2.46. The van der Waals surface area contributed by atoms with Crippen LogP contribution in [0.25, 0.3) is 0 Å². The molecule has 86 valence electrons. The molecule has 0 radical (unpaired) electrons. The summed E-state index contributed by atoms with van der Waals surface area (Å²) in [5.41, 5.74) is 1.72. The first-order valence-corrected chi connectivity index (χ1v) is 5.50. The molecular formula is C14H13NO2. The molecule has 2 aromatic rings. The van der Waals surface area contributed by atoms with Crippen molar-refractivity contribution in [2.45, 2.75) is 13.3 Å². The maximum absolute atomic E-state index is 11.7. The number of nitrogens with zero attached hydrogens (tertiary/aromatic N) is 1. The molecule has 0 aliphatic rings. The highest BCUT2D eigenvalue weighted by molar-refractivity contribution is 5.90. The van der Waals surface area contributed by atoms with Crippen molar-refractivity contribution in [1.29, 1.82) is 0 Å². The Morgan fingerprint density at radius 2 is 1.76 bits per heavy atom. The van der Waals surface area contributed by atoms with Crippen molar-refractivity contribution in [3.05, 3.63) is 59.9 Å². The van der Waals surface area contributed by atoms with E-state index in [-0.39, 0.29) is 5.97 Å². The van der Waals surface area contributed by atoms with Crippen LogP contribution in [0.5, 0.6) is 5.75 Å². The molecule has 0 fully saturated rings. The predicted molar refractivity (Wildman–Crippen MR) is 65.0 cm³/mol. The zero-order valence-corrected chi connectivity index (χ0v) is 9.59. The molecule has 0 saturated carbocycles. The van der Waals surface area contributed by atoms with E-state index in [9.17, 15) is 4.79 Å². The number of hydrogen-bond acceptors (Lipinski definition) is 3. The molecule has 2 rings (SSSR count). The minimum absolute atomic E-state index is 0.364. The molecule has 0 atom stereocenters. The Hall–Kier alpha value is -2.16. The molecule has 1 aromatic carbocycles. The van der Waals surface area contributed by atoms with Crippen LogP contribution in [-0.4, -0.2) is 11.0 Å². The van der Waals surface area contributed by atoms with Gasteiger partial charge in [0.25, 0.3) is 0 Å². The average molecular weight is 227 g/mol. The van der Waals surface area contributed by atoms with Crippen LogP contribution in [0.1, 0.15) is 22.8 Å². The SMILES string of the molecule is CCc1ccc(OC(=O)c2ccncc2)cc1. The van der Waals surface area contributed by atoms with Gasteiger partial charge in [0, 0.05) is 12.4 Å². The lowest BCUT2D eigenvalue weighted by Gasteiger charge is -2.04. The fraction of sp³-hybridized carbons (Fsp3) is 0.143. The molecule has 1 heterocycles. The average Bonchev–Trinajstić information content (AvgIpc) is 2.40. The molecule has 0 aliphatic carbocycles. The van der Waals surface area contributed by atoms with E-state index in [4.69, 9.17) is 4.74 Å². The summed E-state index contributed by atoms with van der Waals surface area (Å²) < 4.78 is 5.23. The van der Waals surface area contributed by atoms with E-state index in [0.29, 0.717) is 11.3 Å². The Morgan fingerprint density at radius 3 is 2.35 bits per heavy atom. The van der Waals surface area contributed by atoms with Crippen LogP contribution < -0.4 is 4.74 Å². The zero-order valence-electron chi connectivity index (χ0n) is 9.59. The van der Waals surface area contributed by atoms with Gasteiger partial charge in [0.2, 0.25) is 0 Å². The summed E-state index contributed by atoms with van der Waals surface area (Å²) in [6.45, 7) is 2.08. The first kappa shape index (κ1) is 11.3. The summed E-state index contributed by atoms with van der Waals surface area (Å²) in [7, 11) is 0. The number of pyridine rings is 1. The maximum Gasteiger partial charge on any atom is 0.343 e. The van der Waals surface area contributed by atoms with Crippen LogP contribution in [0.4, 0.5) is 0 Å². The molecular weight excluding hydrogens is 214 g/mol. The molecule has 0 bridgehead atoms. The normalized spacial score (nSPS) is 9.94. The van der Waals surface area contributed by atoms with Crippen molar-refractivity contribution in [1.82, 2.24) is 4.98 Å². The number of carbonyl (C=O) groups excluding carboxylic acids is 1. The molecule has 0 spiro atoms. The summed E-state index contributed by atoms with van der Waals surface area (Å²) in [6, 6.07) is 10.8. The molecule has 0 saturated heterocycles. The lowest BCUT2D eigenvalue weighted by Crippen LogP contribution is -2.08.